The standard InChI is InChI=1S/C8H16O2.Zn/c1-7(2)5-3-4-6-8(9)10;/h7H,3-6H2,1-2H3,(H,9,10);/q;+2/p-1. The molecule has 0 rings (SSSR count). The maximum Gasteiger partial charge on any atom is 2.00 e. The van der Waals surface area contributed by atoms with Crippen LogP contribution in [0.4, 0.5) is 0 Å². The first kappa shape index (κ1) is 13.7. The average Bonchev–Trinajstić information content (AvgIpc) is 1.79. The molecule has 2 nitrogen and oxygen atoms in total. The van der Waals surface area contributed by atoms with Gasteiger partial charge in [0.25, 0.3) is 0 Å². The Bertz CT molecular complexity index is 102. The summed E-state index contributed by atoms with van der Waals surface area (Å²) >= 11 is 0. The molecule has 0 fully saturated rings. The molecule has 0 saturated heterocycles. The van der Waals surface area contributed by atoms with Gasteiger partial charge in [0.2, 0.25) is 0 Å². The van der Waals surface area contributed by atoms with E-state index in [9.17, 15) is 9.90 Å². The largest absolute Gasteiger partial charge is 2.00 e. The van der Waals surface area contributed by atoms with Gasteiger partial charge in [-0.1, -0.05) is 26.7 Å². The second-order valence-corrected chi connectivity index (χ2v) is 3.01. The minimum Gasteiger partial charge on any atom is -0.550 e. The first-order valence-corrected chi connectivity index (χ1v) is 3.82. The first-order chi connectivity index (χ1) is 4.63. The molecule has 0 radical (unpaired) electrons. The van der Waals surface area contributed by atoms with E-state index in [-0.39, 0.29) is 25.9 Å². The summed E-state index contributed by atoms with van der Waals surface area (Å²) in [6.07, 6.45) is 3.10. The van der Waals surface area contributed by atoms with Crippen LogP contribution >= 0.6 is 0 Å². The molecule has 0 N–H and O–H groups in total. The maximum atomic E-state index is 9.93. The van der Waals surface area contributed by atoms with E-state index in [2.05, 4.69) is 13.8 Å². The molecule has 11 heavy (non-hydrogen) atoms. The van der Waals surface area contributed by atoms with Crippen LogP contribution in [-0.4, -0.2) is 5.97 Å². The van der Waals surface area contributed by atoms with Crippen LogP contribution in [0.3, 0.4) is 0 Å². The van der Waals surface area contributed by atoms with Crippen molar-refractivity contribution in [1.29, 1.82) is 0 Å². The summed E-state index contributed by atoms with van der Waals surface area (Å²) in [5.74, 6) is -0.245. The third kappa shape index (κ3) is 13.1. The molecule has 0 bridgehead atoms. The monoisotopic (exact) mass is 207 g/mol. The Morgan fingerprint density at radius 2 is 1.91 bits per heavy atom. The number of aliphatic carboxylic acids is 1. The summed E-state index contributed by atoms with van der Waals surface area (Å²) in [5.41, 5.74) is 0. The van der Waals surface area contributed by atoms with E-state index in [1.54, 1.807) is 0 Å². The molecule has 0 atom stereocenters. The van der Waals surface area contributed by atoms with Gasteiger partial charge in [0.05, 0.1) is 0 Å². The zero-order valence-corrected chi connectivity index (χ0v) is 10.4. The fourth-order valence-electron chi connectivity index (χ4n) is 0.822. The molecule has 0 aliphatic carbocycles. The van der Waals surface area contributed by atoms with Crippen LogP contribution < -0.4 is 5.11 Å². The molecule has 0 aliphatic heterocycles. The van der Waals surface area contributed by atoms with E-state index < -0.39 is 5.97 Å². The van der Waals surface area contributed by atoms with Gasteiger partial charge in [-0.2, -0.15) is 0 Å². The van der Waals surface area contributed by atoms with E-state index in [0.717, 1.165) is 19.3 Å². The van der Waals surface area contributed by atoms with Crippen LogP contribution in [0.25, 0.3) is 0 Å². The molecule has 0 unspecified atom stereocenters. The summed E-state index contributed by atoms with van der Waals surface area (Å²) in [6, 6.07) is 0. The van der Waals surface area contributed by atoms with Crippen molar-refractivity contribution in [2.24, 2.45) is 5.92 Å². The fraction of sp³-hybridized carbons (Fsp3) is 0.875. The average molecular weight is 209 g/mol. The molecular formula is C8H15O2Zn+. The van der Waals surface area contributed by atoms with Crippen LogP contribution in [-0.2, 0) is 24.3 Å². The summed E-state index contributed by atoms with van der Waals surface area (Å²) in [5, 5.41) is 9.93. The zero-order chi connectivity index (χ0) is 7.98. The predicted octanol–water partition coefficient (Wildman–Crippen LogP) is 0.950. The molecule has 0 aromatic rings. The van der Waals surface area contributed by atoms with Gasteiger partial charge in [-0.25, -0.2) is 0 Å². The Hall–Kier alpha value is 0.0934. The fourth-order valence-corrected chi connectivity index (χ4v) is 0.822. The van der Waals surface area contributed by atoms with Crippen molar-refractivity contribution in [3.05, 3.63) is 0 Å². The van der Waals surface area contributed by atoms with E-state index >= 15 is 0 Å². The number of unbranched alkanes of at least 4 members (excludes halogenated alkanes) is 1. The third-order valence-electron chi connectivity index (χ3n) is 1.41. The Kier molecular flexibility index (Phi) is 10.2. The Morgan fingerprint density at radius 3 is 2.27 bits per heavy atom. The Morgan fingerprint density at radius 1 is 1.36 bits per heavy atom. The van der Waals surface area contributed by atoms with Gasteiger partial charge >= 0.3 is 19.5 Å². The number of carboxylic acids is 1. The third-order valence-corrected chi connectivity index (χ3v) is 1.41. The molecule has 0 aliphatic rings. The van der Waals surface area contributed by atoms with E-state index in [1.807, 2.05) is 0 Å². The minimum atomic E-state index is -0.927. The second-order valence-electron chi connectivity index (χ2n) is 3.01. The van der Waals surface area contributed by atoms with Gasteiger partial charge in [0.15, 0.2) is 0 Å². The quantitative estimate of drug-likeness (QED) is 0.499. The van der Waals surface area contributed by atoms with Crippen molar-refractivity contribution in [3.8, 4) is 0 Å². The molecule has 0 aromatic heterocycles. The van der Waals surface area contributed by atoms with Crippen molar-refractivity contribution in [2.75, 3.05) is 0 Å². The molecule has 3 heteroatoms. The number of hydrogen-bond acceptors (Lipinski definition) is 2. The van der Waals surface area contributed by atoms with Crippen molar-refractivity contribution in [1.82, 2.24) is 0 Å². The van der Waals surface area contributed by atoms with Crippen LogP contribution in [0.15, 0.2) is 0 Å². The zero-order valence-electron chi connectivity index (χ0n) is 7.43. The van der Waals surface area contributed by atoms with Crippen molar-refractivity contribution in [2.45, 2.75) is 39.5 Å². The van der Waals surface area contributed by atoms with Crippen molar-refractivity contribution >= 4 is 5.97 Å². The van der Waals surface area contributed by atoms with Gasteiger partial charge in [-0.05, 0) is 18.8 Å². The summed E-state index contributed by atoms with van der Waals surface area (Å²) in [6.45, 7) is 4.28. The number of carbonyl (C=O) groups excluding carboxylic acids is 1. The van der Waals surface area contributed by atoms with Gasteiger partial charge in [-0.15, -0.1) is 0 Å². The number of hydrogen-bond donors (Lipinski definition) is 0. The second kappa shape index (κ2) is 8.19. The maximum absolute atomic E-state index is 9.93. The minimum absolute atomic E-state index is 0. The Balaban J connectivity index is 0. The number of rotatable bonds is 5. The summed E-state index contributed by atoms with van der Waals surface area (Å²) in [4.78, 5) is 9.93. The molecule has 60 valence electrons. The van der Waals surface area contributed by atoms with E-state index in [0.29, 0.717) is 5.92 Å². The summed E-state index contributed by atoms with van der Waals surface area (Å²) in [7, 11) is 0. The van der Waals surface area contributed by atoms with Crippen LogP contribution in [0, 0.1) is 5.92 Å². The molecule has 0 saturated carbocycles. The smallest absolute Gasteiger partial charge is 0.550 e. The first-order valence-electron chi connectivity index (χ1n) is 3.82. The Labute approximate surface area is 81.1 Å². The van der Waals surface area contributed by atoms with Gasteiger partial charge in [-0.3, -0.25) is 0 Å². The van der Waals surface area contributed by atoms with E-state index in [1.165, 1.54) is 0 Å². The predicted molar refractivity (Wildman–Crippen MR) is 38.3 cm³/mol. The number of carboxylic acid groups (broad SMARTS) is 1. The topological polar surface area (TPSA) is 40.1 Å². The van der Waals surface area contributed by atoms with Gasteiger partial charge < -0.3 is 9.90 Å². The van der Waals surface area contributed by atoms with Crippen molar-refractivity contribution < 1.29 is 29.4 Å². The SMILES string of the molecule is CC(C)CCCCC(=O)[O-].[Zn+2]. The molecule has 0 spiro atoms. The molecule has 0 amide bonds. The van der Waals surface area contributed by atoms with Gasteiger partial charge in [0, 0.05) is 5.97 Å². The number of carbonyl (C=O) groups is 1. The van der Waals surface area contributed by atoms with Gasteiger partial charge in [0.1, 0.15) is 0 Å². The molecule has 0 heterocycles. The van der Waals surface area contributed by atoms with Crippen molar-refractivity contribution in [3.63, 3.8) is 0 Å². The van der Waals surface area contributed by atoms with Crippen LogP contribution in [0.2, 0.25) is 0 Å². The normalized spacial score (nSPS) is 9.36. The van der Waals surface area contributed by atoms with Crippen LogP contribution in [0.1, 0.15) is 39.5 Å². The summed E-state index contributed by atoms with van der Waals surface area (Å²) < 4.78 is 0. The molecular weight excluding hydrogens is 193 g/mol. The molecule has 0 aromatic carbocycles. The van der Waals surface area contributed by atoms with Crippen LogP contribution in [0.5, 0.6) is 0 Å². The van der Waals surface area contributed by atoms with E-state index in [4.69, 9.17) is 0 Å².